The Kier molecular flexibility index (Phi) is 6.00. The Morgan fingerprint density at radius 3 is 2.52 bits per heavy atom. The van der Waals surface area contributed by atoms with Crippen molar-refractivity contribution in [2.45, 2.75) is 39.0 Å². The maximum absolute atomic E-state index is 13.7. The molecule has 4 rings (SSSR count). The van der Waals surface area contributed by atoms with Crippen LogP contribution in [0.2, 0.25) is 0 Å². The number of aromatic nitrogens is 2. The first kappa shape index (κ1) is 22.3. The van der Waals surface area contributed by atoms with Gasteiger partial charge in [-0.1, -0.05) is 54.6 Å². The van der Waals surface area contributed by atoms with Crippen LogP contribution in [0.15, 0.2) is 60.9 Å². The predicted molar refractivity (Wildman–Crippen MR) is 121 cm³/mol. The first-order valence-electron chi connectivity index (χ1n) is 10.7. The number of hydrogen-bond acceptors (Lipinski definition) is 5. The summed E-state index contributed by atoms with van der Waals surface area (Å²) in [6.45, 7) is 4.41. The number of nitrogens with one attached hydrogen (secondary N) is 1. The molecule has 3 aromatic rings. The smallest absolute Gasteiger partial charge is 0.359 e. The summed E-state index contributed by atoms with van der Waals surface area (Å²) in [5.41, 5.74) is 1.76. The van der Waals surface area contributed by atoms with E-state index >= 15 is 0 Å². The van der Waals surface area contributed by atoms with E-state index in [1.54, 1.807) is 11.5 Å². The molecule has 2 aromatic carbocycles. The van der Waals surface area contributed by atoms with E-state index in [0.29, 0.717) is 6.54 Å². The number of carbonyl (C=O) groups excluding carboxylic acids is 3. The molecule has 2 amide bonds. The molecule has 1 N–H and O–H groups in total. The summed E-state index contributed by atoms with van der Waals surface area (Å²) in [6.07, 6.45) is 1.41. The lowest BCUT2D eigenvalue weighted by atomic mass is 9.92. The molecule has 1 aromatic heterocycles. The second-order valence-electron chi connectivity index (χ2n) is 8.32. The van der Waals surface area contributed by atoms with Crippen LogP contribution < -0.4 is 5.32 Å². The van der Waals surface area contributed by atoms with Gasteiger partial charge in [-0.15, -0.1) is 0 Å². The normalized spacial score (nSPS) is 17.4. The van der Waals surface area contributed by atoms with E-state index in [-0.39, 0.29) is 30.4 Å². The molecule has 0 unspecified atom stereocenters. The maximum Gasteiger partial charge on any atom is 0.359 e. The van der Waals surface area contributed by atoms with Gasteiger partial charge in [0.15, 0.2) is 5.69 Å². The number of imidazole rings is 1. The van der Waals surface area contributed by atoms with Crippen molar-refractivity contribution in [3.8, 4) is 0 Å². The highest BCUT2D eigenvalue weighted by Gasteiger charge is 2.49. The highest BCUT2D eigenvalue weighted by Crippen LogP contribution is 2.31. The van der Waals surface area contributed by atoms with Crippen LogP contribution in [0.3, 0.4) is 0 Å². The Hall–Kier alpha value is -3.94. The Morgan fingerprint density at radius 2 is 1.82 bits per heavy atom. The summed E-state index contributed by atoms with van der Waals surface area (Å²) < 4.78 is 6.36. The molecule has 0 fully saturated rings. The van der Waals surface area contributed by atoms with E-state index in [2.05, 4.69) is 10.3 Å². The average molecular weight is 447 g/mol. The van der Waals surface area contributed by atoms with Gasteiger partial charge in [0.2, 0.25) is 5.91 Å². The molecule has 0 bridgehead atoms. The minimum Gasteiger partial charge on any atom is -0.464 e. The SMILES string of the molecule is COC(=O)c1ncn2c1C(=O)N(Cc1ccccc1C)[C@](C)(C(=O)NCc1ccccc1)C2. The van der Waals surface area contributed by atoms with Crippen molar-refractivity contribution in [2.24, 2.45) is 0 Å². The molecule has 0 saturated heterocycles. The van der Waals surface area contributed by atoms with Gasteiger partial charge in [-0.2, -0.15) is 0 Å². The average Bonchev–Trinajstić information content (AvgIpc) is 3.25. The molecule has 1 aliphatic rings. The van der Waals surface area contributed by atoms with E-state index in [0.717, 1.165) is 16.7 Å². The summed E-state index contributed by atoms with van der Waals surface area (Å²) >= 11 is 0. The van der Waals surface area contributed by atoms with Crippen LogP contribution in [-0.4, -0.2) is 44.9 Å². The largest absolute Gasteiger partial charge is 0.464 e. The zero-order valence-electron chi connectivity index (χ0n) is 18.9. The van der Waals surface area contributed by atoms with Crippen molar-refractivity contribution in [3.63, 3.8) is 0 Å². The fourth-order valence-corrected chi connectivity index (χ4v) is 4.11. The molecular weight excluding hydrogens is 420 g/mol. The molecule has 8 nitrogen and oxygen atoms in total. The zero-order valence-corrected chi connectivity index (χ0v) is 18.9. The van der Waals surface area contributed by atoms with E-state index in [1.807, 2.05) is 61.5 Å². The molecule has 1 aliphatic heterocycles. The molecule has 170 valence electrons. The second-order valence-corrected chi connectivity index (χ2v) is 8.32. The number of rotatable bonds is 6. The Morgan fingerprint density at radius 1 is 1.12 bits per heavy atom. The zero-order chi connectivity index (χ0) is 23.6. The first-order chi connectivity index (χ1) is 15.8. The third-order valence-corrected chi connectivity index (χ3v) is 6.11. The molecule has 0 aliphatic carbocycles. The third kappa shape index (κ3) is 4.11. The fourth-order valence-electron chi connectivity index (χ4n) is 4.11. The molecule has 2 heterocycles. The Bertz CT molecular complexity index is 1200. The lowest BCUT2D eigenvalue weighted by molar-refractivity contribution is -0.133. The van der Waals surface area contributed by atoms with E-state index in [4.69, 9.17) is 4.74 Å². The minimum atomic E-state index is -1.20. The Balaban J connectivity index is 1.71. The van der Waals surface area contributed by atoms with Crippen LogP contribution in [0.4, 0.5) is 0 Å². The molecule has 0 spiro atoms. The van der Waals surface area contributed by atoms with Crippen molar-refractivity contribution in [1.82, 2.24) is 19.8 Å². The molecule has 1 atom stereocenters. The molecule has 8 heteroatoms. The minimum absolute atomic E-state index is 0.0518. The summed E-state index contributed by atoms with van der Waals surface area (Å²) in [5, 5.41) is 2.97. The van der Waals surface area contributed by atoms with Crippen LogP contribution in [-0.2, 0) is 29.2 Å². The quantitative estimate of drug-likeness (QED) is 0.588. The summed E-state index contributed by atoms with van der Waals surface area (Å²) in [7, 11) is 1.24. The van der Waals surface area contributed by atoms with Gasteiger partial charge in [0, 0.05) is 13.1 Å². The van der Waals surface area contributed by atoms with Crippen molar-refractivity contribution >= 4 is 17.8 Å². The summed E-state index contributed by atoms with van der Waals surface area (Å²) in [5.74, 6) is -1.42. The van der Waals surface area contributed by atoms with Crippen molar-refractivity contribution < 1.29 is 19.1 Å². The van der Waals surface area contributed by atoms with Crippen molar-refractivity contribution in [1.29, 1.82) is 0 Å². The fraction of sp³-hybridized carbons (Fsp3) is 0.280. The number of ether oxygens (including phenoxy) is 1. The number of nitrogens with zero attached hydrogens (tertiary/aromatic N) is 3. The molecule has 33 heavy (non-hydrogen) atoms. The van der Waals surface area contributed by atoms with Crippen LogP contribution in [0.5, 0.6) is 0 Å². The van der Waals surface area contributed by atoms with Crippen molar-refractivity contribution in [2.75, 3.05) is 7.11 Å². The van der Waals surface area contributed by atoms with Gasteiger partial charge >= 0.3 is 5.97 Å². The van der Waals surface area contributed by atoms with Gasteiger partial charge in [0.1, 0.15) is 11.2 Å². The molecule has 0 radical (unpaired) electrons. The summed E-state index contributed by atoms with van der Waals surface area (Å²) in [6, 6.07) is 17.3. The van der Waals surface area contributed by atoms with Gasteiger partial charge in [-0.25, -0.2) is 9.78 Å². The lowest BCUT2D eigenvalue weighted by Crippen LogP contribution is -2.63. The Labute approximate surface area is 192 Å². The number of fused-ring (bicyclic) bond motifs is 1. The highest BCUT2D eigenvalue weighted by atomic mass is 16.5. The first-order valence-corrected chi connectivity index (χ1v) is 10.7. The van der Waals surface area contributed by atoms with Gasteiger partial charge in [-0.3, -0.25) is 9.59 Å². The van der Waals surface area contributed by atoms with Gasteiger partial charge in [0.25, 0.3) is 5.91 Å². The van der Waals surface area contributed by atoms with Gasteiger partial charge < -0.3 is 19.5 Å². The topological polar surface area (TPSA) is 93.5 Å². The lowest BCUT2D eigenvalue weighted by Gasteiger charge is -2.44. The number of aryl methyl sites for hydroxylation is 1. The van der Waals surface area contributed by atoms with Gasteiger partial charge in [-0.05, 0) is 30.5 Å². The predicted octanol–water partition coefficient (Wildman–Crippen LogP) is 2.71. The van der Waals surface area contributed by atoms with E-state index in [1.165, 1.54) is 18.3 Å². The van der Waals surface area contributed by atoms with Crippen LogP contribution in [0.1, 0.15) is 44.6 Å². The van der Waals surface area contributed by atoms with Gasteiger partial charge in [0.05, 0.1) is 20.0 Å². The van der Waals surface area contributed by atoms with Crippen molar-refractivity contribution in [3.05, 3.63) is 89.0 Å². The monoisotopic (exact) mass is 446 g/mol. The van der Waals surface area contributed by atoms with E-state index < -0.39 is 17.4 Å². The number of hydrogen-bond donors (Lipinski definition) is 1. The molecule has 0 saturated carbocycles. The molecular formula is C25H26N4O4. The van der Waals surface area contributed by atoms with E-state index in [9.17, 15) is 14.4 Å². The number of amides is 2. The summed E-state index contributed by atoms with van der Waals surface area (Å²) in [4.78, 5) is 45.1. The van der Waals surface area contributed by atoms with Crippen LogP contribution >= 0.6 is 0 Å². The number of esters is 1. The third-order valence-electron chi connectivity index (χ3n) is 6.11. The maximum atomic E-state index is 13.7. The van der Waals surface area contributed by atoms with Crippen LogP contribution in [0.25, 0.3) is 0 Å². The number of carbonyl (C=O) groups is 3. The van der Waals surface area contributed by atoms with Crippen LogP contribution in [0, 0.1) is 6.92 Å². The number of benzene rings is 2. The second kappa shape index (κ2) is 8.90. The standard InChI is InChI=1S/C25H26N4O4/c1-17-9-7-8-12-19(17)14-29-22(30)21-20(23(31)33-3)27-16-28(21)15-25(29,2)24(32)26-13-18-10-5-4-6-11-18/h4-12,16H,13-15H2,1-3H3,(H,26,32)/t25-/m0/s1. The number of methoxy groups -OCH3 is 1. The highest BCUT2D eigenvalue weighted by molar-refractivity contribution is 6.06.